The third-order valence-corrected chi connectivity index (χ3v) is 6.91. The van der Waals surface area contributed by atoms with Crippen molar-refractivity contribution >= 4 is 22.2 Å². The summed E-state index contributed by atoms with van der Waals surface area (Å²) in [6.45, 7) is 7.79. The van der Waals surface area contributed by atoms with Crippen LogP contribution in [-0.2, 0) is 24.1 Å². The monoisotopic (exact) mass is 405 g/mol. The summed E-state index contributed by atoms with van der Waals surface area (Å²) >= 11 is 1.84. The van der Waals surface area contributed by atoms with Gasteiger partial charge in [-0.05, 0) is 42.2 Å². The molecule has 0 spiro atoms. The first-order chi connectivity index (χ1) is 14.2. The van der Waals surface area contributed by atoms with Gasteiger partial charge in [0.1, 0.15) is 0 Å². The van der Waals surface area contributed by atoms with Gasteiger partial charge in [0, 0.05) is 49.4 Å². The summed E-state index contributed by atoms with van der Waals surface area (Å²) in [5.41, 5.74) is 6.93. The molecule has 0 N–H and O–H groups in total. The molecule has 0 bridgehead atoms. The van der Waals surface area contributed by atoms with E-state index in [1.165, 1.54) is 32.8 Å². The molecule has 3 aromatic rings. The molecule has 2 aromatic carbocycles. The lowest BCUT2D eigenvalue weighted by molar-refractivity contribution is 0.122. The highest BCUT2D eigenvalue weighted by Gasteiger charge is 2.19. The fourth-order valence-corrected chi connectivity index (χ4v) is 5.23. The standard InChI is InChI=1S/C24H27N3OS/c1-18-5-6-20-7-8-27(17-21(20)13-18)24-25-16-23(29-24)15-19-3-2-4-22(14-19)26-9-11-28-12-10-26/h2-6,13-14,16H,7-12,15,17H2,1H3. The Bertz CT molecular complexity index is 993. The average Bonchev–Trinajstić information content (AvgIpc) is 3.22. The summed E-state index contributed by atoms with van der Waals surface area (Å²) in [6, 6.07) is 15.8. The summed E-state index contributed by atoms with van der Waals surface area (Å²) in [5, 5.41) is 1.15. The quantitative estimate of drug-likeness (QED) is 0.642. The van der Waals surface area contributed by atoms with E-state index in [9.17, 15) is 0 Å². The summed E-state index contributed by atoms with van der Waals surface area (Å²) in [6.07, 6.45) is 4.11. The van der Waals surface area contributed by atoms with Crippen molar-refractivity contribution in [1.82, 2.24) is 4.98 Å². The van der Waals surface area contributed by atoms with Crippen molar-refractivity contribution in [3.05, 3.63) is 75.8 Å². The molecule has 5 rings (SSSR count). The highest BCUT2D eigenvalue weighted by atomic mass is 32.1. The van der Waals surface area contributed by atoms with Gasteiger partial charge < -0.3 is 14.5 Å². The Morgan fingerprint density at radius 3 is 2.79 bits per heavy atom. The van der Waals surface area contributed by atoms with Crippen LogP contribution in [0.1, 0.15) is 27.1 Å². The lowest BCUT2D eigenvalue weighted by Gasteiger charge is -2.29. The van der Waals surface area contributed by atoms with Gasteiger partial charge in [-0.15, -0.1) is 11.3 Å². The number of morpholine rings is 1. The maximum atomic E-state index is 5.48. The van der Waals surface area contributed by atoms with Crippen molar-refractivity contribution in [3.63, 3.8) is 0 Å². The fraction of sp³-hybridized carbons (Fsp3) is 0.375. The zero-order valence-electron chi connectivity index (χ0n) is 16.9. The zero-order valence-corrected chi connectivity index (χ0v) is 17.8. The summed E-state index contributed by atoms with van der Waals surface area (Å²) in [5.74, 6) is 0. The van der Waals surface area contributed by atoms with E-state index < -0.39 is 0 Å². The molecule has 2 aliphatic rings. The van der Waals surface area contributed by atoms with Gasteiger partial charge in [-0.1, -0.05) is 35.9 Å². The van der Waals surface area contributed by atoms with E-state index in [-0.39, 0.29) is 0 Å². The van der Waals surface area contributed by atoms with Crippen LogP contribution in [0.4, 0.5) is 10.8 Å². The highest BCUT2D eigenvalue weighted by Crippen LogP contribution is 2.30. The molecule has 0 aliphatic carbocycles. The second kappa shape index (κ2) is 8.17. The predicted octanol–water partition coefficient (Wildman–Crippen LogP) is 4.44. The van der Waals surface area contributed by atoms with Gasteiger partial charge >= 0.3 is 0 Å². The molecule has 4 nitrogen and oxygen atoms in total. The lowest BCUT2D eigenvalue weighted by Crippen LogP contribution is -2.36. The minimum Gasteiger partial charge on any atom is -0.378 e. The van der Waals surface area contributed by atoms with Gasteiger partial charge in [0.2, 0.25) is 0 Å². The maximum absolute atomic E-state index is 5.48. The summed E-state index contributed by atoms with van der Waals surface area (Å²) in [7, 11) is 0. The number of thiazole rings is 1. The van der Waals surface area contributed by atoms with Crippen LogP contribution in [0.3, 0.4) is 0 Å². The zero-order chi connectivity index (χ0) is 19.6. The number of anilines is 2. The first kappa shape index (κ1) is 18.6. The molecular formula is C24H27N3OS. The van der Waals surface area contributed by atoms with Crippen molar-refractivity contribution in [2.24, 2.45) is 0 Å². The summed E-state index contributed by atoms with van der Waals surface area (Å²) < 4.78 is 5.48. The van der Waals surface area contributed by atoms with E-state index in [2.05, 4.69) is 65.4 Å². The number of benzene rings is 2. The molecule has 29 heavy (non-hydrogen) atoms. The normalized spacial score (nSPS) is 16.7. The fourth-order valence-electron chi connectivity index (χ4n) is 4.26. The van der Waals surface area contributed by atoms with E-state index in [0.29, 0.717) is 0 Å². The van der Waals surface area contributed by atoms with Crippen molar-refractivity contribution in [3.8, 4) is 0 Å². The number of ether oxygens (including phenoxy) is 1. The number of aryl methyl sites for hydroxylation is 1. The Balaban J connectivity index is 1.28. The van der Waals surface area contributed by atoms with Crippen LogP contribution in [0, 0.1) is 6.92 Å². The van der Waals surface area contributed by atoms with E-state index >= 15 is 0 Å². The second-order valence-electron chi connectivity index (χ2n) is 8.00. The Labute approximate surface area is 176 Å². The Morgan fingerprint density at radius 1 is 1.00 bits per heavy atom. The molecule has 150 valence electrons. The SMILES string of the molecule is Cc1ccc2c(c1)CN(c1ncc(Cc3cccc(N4CCOCC4)c3)s1)CC2. The first-order valence-corrected chi connectivity index (χ1v) is 11.3. The third kappa shape index (κ3) is 4.16. The minimum absolute atomic E-state index is 0.820. The van der Waals surface area contributed by atoms with Crippen LogP contribution >= 0.6 is 11.3 Å². The maximum Gasteiger partial charge on any atom is 0.185 e. The van der Waals surface area contributed by atoms with Crippen molar-refractivity contribution in [2.75, 3.05) is 42.6 Å². The van der Waals surface area contributed by atoms with E-state index in [1.807, 2.05) is 11.3 Å². The van der Waals surface area contributed by atoms with Gasteiger partial charge in [0.05, 0.1) is 13.2 Å². The number of rotatable bonds is 4. The van der Waals surface area contributed by atoms with E-state index in [0.717, 1.165) is 57.4 Å². The lowest BCUT2D eigenvalue weighted by atomic mass is 9.98. The van der Waals surface area contributed by atoms with E-state index in [1.54, 1.807) is 0 Å². The van der Waals surface area contributed by atoms with Crippen molar-refractivity contribution < 1.29 is 4.74 Å². The topological polar surface area (TPSA) is 28.6 Å². The molecule has 1 aromatic heterocycles. The van der Waals surface area contributed by atoms with Crippen LogP contribution in [0.2, 0.25) is 0 Å². The van der Waals surface area contributed by atoms with Crippen molar-refractivity contribution in [2.45, 2.75) is 26.3 Å². The predicted molar refractivity (Wildman–Crippen MR) is 120 cm³/mol. The molecule has 1 fully saturated rings. The van der Waals surface area contributed by atoms with Crippen LogP contribution in [-0.4, -0.2) is 37.8 Å². The first-order valence-electron chi connectivity index (χ1n) is 10.4. The van der Waals surface area contributed by atoms with E-state index in [4.69, 9.17) is 9.72 Å². The molecule has 5 heteroatoms. The molecule has 0 amide bonds. The second-order valence-corrected chi connectivity index (χ2v) is 9.09. The molecular weight excluding hydrogens is 378 g/mol. The number of hydrogen-bond donors (Lipinski definition) is 0. The van der Waals surface area contributed by atoms with Crippen LogP contribution in [0.25, 0.3) is 0 Å². The van der Waals surface area contributed by atoms with Gasteiger partial charge in [0.25, 0.3) is 0 Å². The molecule has 0 saturated carbocycles. The van der Waals surface area contributed by atoms with Gasteiger partial charge in [-0.3, -0.25) is 0 Å². The van der Waals surface area contributed by atoms with Crippen molar-refractivity contribution in [1.29, 1.82) is 0 Å². The Morgan fingerprint density at radius 2 is 1.90 bits per heavy atom. The number of aromatic nitrogens is 1. The largest absolute Gasteiger partial charge is 0.378 e. The Kier molecular flexibility index (Phi) is 5.25. The number of hydrogen-bond acceptors (Lipinski definition) is 5. The molecule has 1 saturated heterocycles. The molecule has 2 aliphatic heterocycles. The van der Waals surface area contributed by atoms with Crippen LogP contribution in [0.15, 0.2) is 48.7 Å². The smallest absolute Gasteiger partial charge is 0.185 e. The molecule has 3 heterocycles. The van der Waals surface area contributed by atoms with Crippen LogP contribution in [0.5, 0.6) is 0 Å². The molecule has 0 radical (unpaired) electrons. The van der Waals surface area contributed by atoms with Gasteiger partial charge in [-0.2, -0.15) is 0 Å². The summed E-state index contributed by atoms with van der Waals surface area (Å²) in [4.78, 5) is 10.9. The minimum atomic E-state index is 0.820. The van der Waals surface area contributed by atoms with Gasteiger partial charge in [-0.25, -0.2) is 4.98 Å². The molecule has 0 atom stereocenters. The number of fused-ring (bicyclic) bond motifs is 1. The average molecular weight is 406 g/mol. The number of nitrogens with zero attached hydrogens (tertiary/aromatic N) is 3. The highest BCUT2D eigenvalue weighted by molar-refractivity contribution is 7.15. The van der Waals surface area contributed by atoms with Crippen LogP contribution < -0.4 is 9.80 Å². The third-order valence-electron chi connectivity index (χ3n) is 5.85. The van der Waals surface area contributed by atoms with Gasteiger partial charge in [0.15, 0.2) is 5.13 Å². The molecule has 0 unspecified atom stereocenters. The Hall–Kier alpha value is -2.37.